The monoisotopic (exact) mass is 271 g/mol. The fourth-order valence-corrected chi connectivity index (χ4v) is 3.99. The molecule has 20 heavy (non-hydrogen) atoms. The quantitative estimate of drug-likeness (QED) is 0.766. The maximum absolute atomic E-state index is 10.5. The summed E-state index contributed by atoms with van der Waals surface area (Å²) in [6, 6.07) is 7.36. The highest BCUT2D eigenvalue weighted by molar-refractivity contribution is 5.88. The lowest BCUT2D eigenvalue weighted by Crippen LogP contribution is -2.35. The molecule has 2 N–H and O–H groups in total. The van der Waals surface area contributed by atoms with Gasteiger partial charge < -0.3 is 10.2 Å². The minimum atomic E-state index is -1.56. The molecule has 0 amide bonds. The molecule has 4 rings (SSSR count). The van der Waals surface area contributed by atoms with E-state index >= 15 is 0 Å². The van der Waals surface area contributed by atoms with Crippen molar-refractivity contribution in [1.29, 1.82) is 0 Å². The lowest BCUT2D eigenvalue weighted by atomic mass is 9.65. The second-order valence-electron chi connectivity index (χ2n) is 6.31. The first kappa shape index (κ1) is 9.41. The SMILES string of the molecule is [2H]c1c(O)ccc2c3c(ccc12)[C@@H]1CC([2H])([2H])[C@H](O)[C@@]1(C)CC3. The molecule has 0 unspecified atom stereocenters. The molecule has 0 spiro atoms. The Morgan fingerprint density at radius 2 is 2.20 bits per heavy atom. The Bertz CT molecular complexity index is 818. The maximum Gasteiger partial charge on any atom is 0.116 e. The van der Waals surface area contributed by atoms with Crippen LogP contribution in [-0.2, 0) is 6.42 Å². The molecule has 1 fully saturated rings. The average molecular weight is 271 g/mol. The summed E-state index contributed by atoms with van der Waals surface area (Å²) in [5.74, 6) is -0.0330. The summed E-state index contributed by atoms with van der Waals surface area (Å²) < 4.78 is 24.3. The van der Waals surface area contributed by atoms with E-state index in [2.05, 4.69) is 0 Å². The molecule has 0 saturated heterocycles. The number of fused-ring (bicyclic) bond motifs is 5. The van der Waals surface area contributed by atoms with E-state index in [0.717, 1.165) is 34.7 Å². The Morgan fingerprint density at radius 3 is 3.05 bits per heavy atom. The Hall–Kier alpha value is -1.54. The van der Waals surface area contributed by atoms with Gasteiger partial charge in [0.05, 0.1) is 7.47 Å². The van der Waals surface area contributed by atoms with Gasteiger partial charge in [0.1, 0.15) is 5.75 Å². The highest BCUT2D eigenvalue weighted by Gasteiger charge is 2.48. The van der Waals surface area contributed by atoms with Crippen LogP contribution in [-0.4, -0.2) is 16.3 Å². The van der Waals surface area contributed by atoms with Crippen molar-refractivity contribution in [2.45, 2.75) is 44.6 Å². The summed E-state index contributed by atoms with van der Waals surface area (Å²) >= 11 is 0. The smallest absolute Gasteiger partial charge is 0.116 e. The number of hydrogen-bond donors (Lipinski definition) is 2. The van der Waals surface area contributed by atoms with Crippen molar-refractivity contribution in [2.75, 3.05) is 0 Å². The lowest BCUT2D eigenvalue weighted by Gasteiger charge is -2.40. The molecule has 0 aliphatic heterocycles. The number of rotatable bonds is 0. The van der Waals surface area contributed by atoms with E-state index in [1.807, 2.05) is 25.1 Å². The first-order valence-corrected chi connectivity index (χ1v) is 7.18. The van der Waals surface area contributed by atoms with Gasteiger partial charge in [-0.05, 0) is 65.6 Å². The number of phenols is 1. The number of aromatic hydroxyl groups is 1. The number of benzene rings is 2. The summed E-state index contributed by atoms with van der Waals surface area (Å²) in [6.45, 7) is 1.99. The van der Waals surface area contributed by atoms with E-state index in [-0.39, 0.29) is 17.7 Å². The molecule has 0 radical (unpaired) electrons. The second-order valence-corrected chi connectivity index (χ2v) is 6.31. The molecular formula is C18H20O2. The molecule has 3 atom stereocenters. The summed E-state index contributed by atoms with van der Waals surface area (Å²) in [5, 5.41) is 21.9. The van der Waals surface area contributed by atoms with Crippen molar-refractivity contribution in [3.63, 3.8) is 0 Å². The van der Waals surface area contributed by atoms with Gasteiger partial charge in [0.2, 0.25) is 0 Å². The molecular weight excluding hydrogens is 248 g/mol. The van der Waals surface area contributed by atoms with Gasteiger partial charge in [0, 0.05) is 8.16 Å². The molecule has 2 aliphatic carbocycles. The van der Waals surface area contributed by atoms with Crippen LogP contribution in [0, 0.1) is 5.41 Å². The summed E-state index contributed by atoms with van der Waals surface area (Å²) in [7, 11) is 0. The first-order valence-electron chi connectivity index (χ1n) is 8.68. The molecule has 0 bridgehead atoms. The van der Waals surface area contributed by atoms with Crippen LogP contribution in [0.1, 0.15) is 47.3 Å². The maximum atomic E-state index is 10.5. The van der Waals surface area contributed by atoms with Crippen molar-refractivity contribution in [3.8, 4) is 5.75 Å². The lowest BCUT2D eigenvalue weighted by molar-refractivity contribution is 0.0459. The number of aryl methyl sites for hydroxylation is 1. The minimum absolute atomic E-state index is 0.0105. The van der Waals surface area contributed by atoms with Crippen LogP contribution >= 0.6 is 0 Å². The highest BCUT2D eigenvalue weighted by Crippen LogP contribution is 2.56. The Kier molecular flexibility index (Phi) is 1.87. The third kappa shape index (κ3) is 1.49. The Morgan fingerprint density at radius 1 is 1.35 bits per heavy atom. The molecule has 2 heteroatoms. The molecule has 2 aromatic rings. The zero-order valence-electron chi connectivity index (χ0n) is 14.5. The van der Waals surface area contributed by atoms with Gasteiger partial charge >= 0.3 is 0 Å². The van der Waals surface area contributed by atoms with Crippen LogP contribution in [0.4, 0.5) is 0 Å². The number of hydrogen-bond acceptors (Lipinski definition) is 2. The fraction of sp³-hybridized carbons (Fsp3) is 0.444. The Balaban J connectivity index is 1.94. The fourth-order valence-electron chi connectivity index (χ4n) is 3.99. The summed E-state index contributed by atoms with van der Waals surface area (Å²) in [5.41, 5.74) is 1.80. The molecule has 104 valence electrons. The second kappa shape index (κ2) is 3.98. The largest absolute Gasteiger partial charge is 0.508 e. The van der Waals surface area contributed by atoms with Crippen molar-refractivity contribution in [3.05, 3.63) is 41.4 Å². The molecule has 2 nitrogen and oxygen atoms in total. The molecule has 0 heterocycles. The highest BCUT2D eigenvalue weighted by atomic mass is 16.3. The number of aliphatic hydroxyl groups is 1. The predicted octanol–water partition coefficient (Wildman–Crippen LogP) is 3.74. The van der Waals surface area contributed by atoms with Crippen molar-refractivity contribution in [2.24, 2.45) is 5.41 Å². The van der Waals surface area contributed by atoms with Crippen LogP contribution in [0.3, 0.4) is 0 Å². The van der Waals surface area contributed by atoms with Gasteiger partial charge in [-0.1, -0.05) is 25.1 Å². The third-order valence-corrected chi connectivity index (χ3v) is 5.29. The van der Waals surface area contributed by atoms with E-state index in [0.29, 0.717) is 6.42 Å². The van der Waals surface area contributed by atoms with Gasteiger partial charge in [0.25, 0.3) is 0 Å². The van der Waals surface area contributed by atoms with Crippen LogP contribution in [0.2, 0.25) is 0 Å². The number of phenolic OH excluding ortho intramolecular Hbond substituents is 1. The predicted molar refractivity (Wildman–Crippen MR) is 80.0 cm³/mol. The zero-order valence-corrected chi connectivity index (χ0v) is 11.5. The topological polar surface area (TPSA) is 40.5 Å². The minimum Gasteiger partial charge on any atom is -0.508 e. The summed E-state index contributed by atoms with van der Waals surface area (Å²) in [4.78, 5) is 0. The van der Waals surface area contributed by atoms with E-state index in [1.165, 1.54) is 0 Å². The molecule has 0 aromatic heterocycles. The number of aliphatic hydroxyl groups excluding tert-OH is 1. The standard InChI is InChI=1S/C18H20O2/c1-18-9-8-14-13-5-3-12(19)10-11(13)2-4-15(14)16(18)6-7-17(18)20/h2-5,10,16-17,19-20H,6-9H2,1H3/t16-,17-,18-/m0/s1/i7D2,10D. The van der Waals surface area contributed by atoms with Crippen molar-refractivity contribution in [1.82, 2.24) is 0 Å². The molecule has 1 saturated carbocycles. The summed E-state index contributed by atoms with van der Waals surface area (Å²) in [6.07, 6.45) is -0.689. The normalized spacial score (nSPS) is 36.8. The van der Waals surface area contributed by atoms with E-state index < -0.39 is 17.9 Å². The van der Waals surface area contributed by atoms with E-state index in [4.69, 9.17) is 4.11 Å². The third-order valence-electron chi connectivity index (χ3n) is 5.29. The van der Waals surface area contributed by atoms with E-state index in [1.54, 1.807) is 6.07 Å². The van der Waals surface area contributed by atoms with Gasteiger partial charge in [-0.25, -0.2) is 0 Å². The molecule has 2 aliphatic rings. The van der Waals surface area contributed by atoms with Crippen LogP contribution < -0.4 is 0 Å². The zero-order chi connectivity index (χ0) is 16.6. The van der Waals surface area contributed by atoms with Gasteiger partial charge in [-0.3, -0.25) is 0 Å². The molecule has 2 aromatic carbocycles. The van der Waals surface area contributed by atoms with Crippen LogP contribution in [0.15, 0.2) is 30.3 Å². The van der Waals surface area contributed by atoms with Crippen LogP contribution in [0.5, 0.6) is 5.75 Å². The van der Waals surface area contributed by atoms with E-state index in [9.17, 15) is 10.2 Å². The van der Waals surface area contributed by atoms with Crippen molar-refractivity contribution < 1.29 is 14.3 Å². The van der Waals surface area contributed by atoms with Gasteiger partial charge in [-0.15, -0.1) is 0 Å². The van der Waals surface area contributed by atoms with Crippen molar-refractivity contribution >= 4 is 10.8 Å². The Labute approximate surface area is 123 Å². The van der Waals surface area contributed by atoms with Gasteiger partial charge in [0.15, 0.2) is 0 Å². The van der Waals surface area contributed by atoms with Crippen LogP contribution in [0.25, 0.3) is 10.8 Å². The average Bonchev–Trinajstić information content (AvgIpc) is 2.70. The van der Waals surface area contributed by atoms with Gasteiger partial charge in [-0.2, -0.15) is 0 Å². The first-order chi connectivity index (χ1) is 10.8.